The molecule has 0 aliphatic rings. The monoisotopic (exact) mass is 311 g/mol. The van der Waals surface area contributed by atoms with Gasteiger partial charge in [-0.25, -0.2) is 8.42 Å². The van der Waals surface area contributed by atoms with Crippen LogP contribution in [0, 0.1) is 6.92 Å². The molecule has 8 heteroatoms. The van der Waals surface area contributed by atoms with E-state index in [-0.39, 0.29) is 17.3 Å². The first-order valence-corrected chi connectivity index (χ1v) is 7.66. The van der Waals surface area contributed by atoms with Gasteiger partial charge in [-0.2, -0.15) is 5.10 Å². The lowest BCUT2D eigenvalue weighted by Crippen LogP contribution is -2.14. The van der Waals surface area contributed by atoms with E-state index in [1.54, 1.807) is 26.2 Å². The molecule has 2 N–H and O–H groups in total. The summed E-state index contributed by atoms with van der Waals surface area (Å²) in [6.07, 6.45) is 1.58. The summed E-state index contributed by atoms with van der Waals surface area (Å²) >= 11 is 0. The molecule has 0 bridgehead atoms. The zero-order chi connectivity index (χ0) is 15.6. The molecule has 2 rings (SSSR count). The number of aliphatic hydroxyl groups excluding tert-OH is 1. The Hall–Kier alpha value is -2.06. The zero-order valence-electron chi connectivity index (χ0n) is 12.0. The van der Waals surface area contributed by atoms with E-state index >= 15 is 0 Å². The summed E-state index contributed by atoms with van der Waals surface area (Å²) < 4.78 is 34.1. The third-order valence-corrected chi connectivity index (χ3v) is 4.34. The summed E-state index contributed by atoms with van der Waals surface area (Å²) in [6, 6.07) is 4.50. The third kappa shape index (κ3) is 3.17. The van der Waals surface area contributed by atoms with Crippen LogP contribution >= 0.6 is 0 Å². The Morgan fingerprint density at radius 1 is 1.43 bits per heavy atom. The lowest BCUT2D eigenvalue weighted by atomic mass is 10.2. The van der Waals surface area contributed by atoms with Crippen LogP contribution in [0.4, 0.5) is 5.69 Å². The van der Waals surface area contributed by atoms with Gasteiger partial charge in [-0.05, 0) is 24.6 Å². The smallest absolute Gasteiger partial charge is 0.265 e. The molecule has 2 aromatic rings. The number of anilines is 1. The molecular formula is C13H17N3O4S. The van der Waals surface area contributed by atoms with Crippen LogP contribution in [-0.4, -0.2) is 30.4 Å². The van der Waals surface area contributed by atoms with Crippen molar-refractivity contribution in [3.05, 3.63) is 35.7 Å². The van der Waals surface area contributed by atoms with E-state index in [0.717, 1.165) is 0 Å². The number of aryl methyl sites for hydroxylation is 2. The number of ether oxygens (including phenoxy) is 1. The maximum Gasteiger partial charge on any atom is 0.265 e. The van der Waals surface area contributed by atoms with Crippen molar-refractivity contribution in [1.82, 2.24) is 9.78 Å². The number of nitrogens with zero attached hydrogens (tertiary/aromatic N) is 2. The number of sulfonamides is 1. The Morgan fingerprint density at radius 3 is 2.67 bits per heavy atom. The number of hydrogen-bond acceptors (Lipinski definition) is 5. The van der Waals surface area contributed by atoms with Crippen LogP contribution in [0.1, 0.15) is 11.3 Å². The highest BCUT2D eigenvalue weighted by atomic mass is 32.2. The summed E-state index contributed by atoms with van der Waals surface area (Å²) in [5, 5.41) is 13.2. The van der Waals surface area contributed by atoms with Crippen molar-refractivity contribution in [1.29, 1.82) is 0 Å². The van der Waals surface area contributed by atoms with Crippen LogP contribution < -0.4 is 9.46 Å². The number of aliphatic hydroxyl groups is 1. The molecule has 0 aliphatic carbocycles. The molecule has 21 heavy (non-hydrogen) atoms. The molecule has 1 aromatic carbocycles. The summed E-state index contributed by atoms with van der Waals surface area (Å²) in [6.45, 7) is 1.46. The number of nitrogens with one attached hydrogen (secondary N) is 1. The predicted octanol–water partition coefficient (Wildman–Crippen LogP) is 1.03. The molecule has 0 saturated heterocycles. The lowest BCUT2D eigenvalue weighted by molar-refractivity contribution is 0.281. The average Bonchev–Trinajstić information content (AvgIpc) is 2.75. The maximum absolute atomic E-state index is 12.5. The fraction of sp³-hybridized carbons (Fsp3) is 0.308. The summed E-state index contributed by atoms with van der Waals surface area (Å²) in [4.78, 5) is -0.0280. The van der Waals surface area contributed by atoms with Crippen molar-refractivity contribution in [2.75, 3.05) is 11.8 Å². The second kappa shape index (κ2) is 5.74. The quantitative estimate of drug-likeness (QED) is 0.860. The van der Waals surface area contributed by atoms with E-state index in [4.69, 9.17) is 9.84 Å². The Morgan fingerprint density at radius 2 is 2.14 bits per heavy atom. The van der Waals surface area contributed by atoms with Crippen molar-refractivity contribution in [2.24, 2.45) is 7.05 Å². The average molecular weight is 311 g/mol. The molecule has 0 aliphatic heterocycles. The van der Waals surface area contributed by atoms with E-state index in [0.29, 0.717) is 16.9 Å². The van der Waals surface area contributed by atoms with Gasteiger partial charge in [-0.3, -0.25) is 9.40 Å². The van der Waals surface area contributed by atoms with Gasteiger partial charge in [0, 0.05) is 13.2 Å². The second-order valence-electron chi connectivity index (χ2n) is 4.55. The van der Waals surface area contributed by atoms with E-state index in [2.05, 4.69) is 9.82 Å². The molecule has 0 spiro atoms. The lowest BCUT2D eigenvalue weighted by Gasteiger charge is -2.12. The normalized spacial score (nSPS) is 11.4. The largest absolute Gasteiger partial charge is 0.495 e. The molecule has 0 unspecified atom stereocenters. The Bertz CT molecular complexity index is 753. The van der Waals surface area contributed by atoms with Crippen LogP contribution in [0.25, 0.3) is 0 Å². The topological polar surface area (TPSA) is 93.5 Å². The van der Waals surface area contributed by atoms with Gasteiger partial charge in [0.15, 0.2) is 0 Å². The summed E-state index contributed by atoms with van der Waals surface area (Å²) in [5.74, 6) is 0.209. The van der Waals surface area contributed by atoms with Gasteiger partial charge >= 0.3 is 0 Å². The van der Waals surface area contributed by atoms with Crippen molar-refractivity contribution in [2.45, 2.75) is 18.4 Å². The number of rotatable bonds is 5. The minimum absolute atomic E-state index is 0.0280. The fourth-order valence-corrected chi connectivity index (χ4v) is 3.25. The first-order valence-electron chi connectivity index (χ1n) is 6.18. The minimum Gasteiger partial charge on any atom is -0.495 e. The molecule has 0 amide bonds. The molecule has 1 aromatic heterocycles. The SMILES string of the molecule is COc1ccc(CO)cc1S(=O)(=O)Nc1cn(C)nc1C. The third-order valence-electron chi connectivity index (χ3n) is 2.96. The highest BCUT2D eigenvalue weighted by Gasteiger charge is 2.21. The van der Waals surface area contributed by atoms with Gasteiger partial charge in [0.25, 0.3) is 10.0 Å². The van der Waals surface area contributed by atoms with Crippen LogP contribution in [-0.2, 0) is 23.7 Å². The Kier molecular flexibility index (Phi) is 4.19. The van der Waals surface area contributed by atoms with Gasteiger partial charge in [0.2, 0.25) is 0 Å². The highest BCUT2D eigenvalue weighted by Crippen LogP contribution is 2.27. The Labute approximate surface area is 123 Å². The van der Waals surface area contributed by atoms with E-state index in [9.17, 15) is 8.42 Å². The number of methoxy groups -OCH3 is 1. The highest BCUT2D eigenvalue weighted by molar-refractivity contribution is 7.92. The summed E-state index contributed by atoms with van der Waals surface area (Å²) in [5.41, 5.74) is 1.45. The standard InChI is InChI=1S/C13H17N3O4S/c1-9-11(7-16(2)14-9)15-21(18,19)13-6-10(8-17)4-5-12(13)20-3/h4-7,15,17H,8H2,1-3H3. The molecule has 1 heterocycles. The van der Waals surface area contributed by atoms with Crippen LogP contribution in [0.2, 0.25) is 0 Å². The predicted molar refractivity (Wildman–Crippen MR) is 77.7 cm³/mol. The number of aromatic nitrogens is 2. The first-order chi connectivity index (χ1) is 9.87. The van der Waals surface area contributed by atoms with Gasteiger partial charge < -0.3 is 9.84 Å². The molecule has 114 valence electrons. The van der Waals surface area contributed by atoms with E-state index in [1.165, 1.54) is 23.9 Å². The fourth-order valence-electron chi connectivity index (χ4n) is 1.93. The van der Waals surface area contributed by atoms with Gasteiger partial charge in [-0.1, -0.05) is 6.07 Å². The van der Waals surface area contributed by atoms with Crippen molar-refractivity contribution in [3.8, 4) is 5.75 Å². The zero-order valence-corrected chi connectivity index (χ0v) is 12.8. The minimum atomic E-state index is -3.84. The number of hydrogen-bond donors (Lipinski definition) is 2. The molecule has 0 radical (unpaired) electrons. The number of benzene rings is 1. The first kappa shape index (κ1) is 15.3. The van der Waals surface area contributed by atoms with Gasteiger partial charge in [0.05, 0.1) is 25.1 Å². The van der Waals surface area contributed by atoms with E-state index in [1.807, 2.05) is 0 Å². The second-order valence-corrected chi connectivity index (χ2v) is 6.20. The van der Waals surface area contributed by atoms with Gasteiger partial charge in [0.1, 0.15) is 10.6 Å². The molecule has 0 saturated carbocycles. The van der Waals surface area contributed by atoms with Crippen molar-refractivity contribution < 1.29 is 18.3 Å². The van der Waals surface area contributed by atoms with Crippen molar-refractivity contribution >= 4 is 15.7 Å². The maximum atomic E-state index is 12.5. The molecular weight excluding hydrogens is 294 g/mol. The van der Waals surface area contributed by atoms with E-state index < -0.39 is 10.0 Å². The molecule has 0 atom stereocenters. The van der Waals surface area contributed by atoms with Gasteiger partial charge in [-0.15, -0.1) is 0 Å². The Balaban J connectivity index is 2.46. The van der Waals surface area contributed by atoms with Crippen LogP contribution in [0.15, 0.2) is 29.3 Å². The van der Waals surface area contributed by atoms with Crippen LogP contribution in [0.5, 0.6) is 5.75 Å². The summed E-state index contributed by atoms with van der Waals surface area (Å²) in [7, 11) is -0.740. The van der Waals surface area contributed by atoms with Crippen LogP contribution in [0.3, 0.4) is 0 Å². The molecule has 0 fully saturated rings. The van der Waals surface area contributed by atoms with Crippen molar-refractivity contribution in [3.63, 3.8) is 0 Å². The molecule has 7 nitrogen and oxygen atoms in total.